The van der Waals surface area contributed by atoms with E-state index < -0.39 is 34.8 Å². The minimum atomic E-state index is -1.33. The number of aliphatic carboxylic acids is 1. The van der Waals surface area contributed by atoms with Gasteiger partial charge in [0.25, 0.3) is 0 Å². The Bertz CT molecular complexity index is 377. The van der Waals surface area contributed by atoms with Crippen molar-refractivity contribution >= 4 is 5.97 Å². The Morgan fingerprint density at radius 1 is 1.36 bits per heavy atom. The standard InChI is InChI=1S/C9H8F2O3/c1-4(9(13)14)7-5(10)2-3-6(11)8(7)12/h2-4,12H,1H3,(H,13,14). The fourth-order valence-corrected chi connectivity index (χ4v) is 1.09. The molecule has 0 aliphatic heterocycles. The zero-order valence-corrected chi connectivity index (χ0v) is 7.29. The zero-order chi connectivity index (χ0) is 10.9. The van der Waals surface area contributed by atoms with E-state index in [9.17, 15) is 13.6 Å². The fraction of sp³-hybridized carbons (Fsp3) is 0.222. The Morgan fingerprint density at radius 2 is 1.86 bits per heavy atom. The predicted octanol–water partition coefficient (Wildman–Crippen LogP) is 1.86. The minimum Gasteiger partial charge on any atom is -0.505 e. The summed E-state index contributed by atoms with van der Waals surface area (Å²) in [5.74, 6) is -5.52. The van der Waals surface area contributed by atoms with Gasteiger partial charge >= 0.3 is 5.97 Å². The summed E-state index contributed by atoms with van der Waals surface area (Å²) in [7, 11) is 0. The first-order valence-corrected chi connectivity index (χ1v) is 3.84. The molecule has 1 unspecified atom stereocenters. The van der Waals surface area contributed by atoms with Crippen LogP contribution in [0.15, 0.2) is 12.1 Å². The molecule has 0 heterocycles. The van der Waals surface area contributed by atoms with Crippen molar-refractivity contribution in [3.05, 3.63) is 29.3 Å². The highest BCUT2D eigenvalue weighted by molar-refractivity contribution is 5.76. The second-order valence-corrected chi connectivity index (χ2v) is 2.85. The maximum atomic E-state index is 13.1. The van der Waals surface area contributed by atoms with Crippen molar-refractivity contribution in [2.24, 2.45) is 0 Å². The number of hydrogen-bond donors (Lipinski definition) is 2. The molecular formula is C9H8F2O3. The summed E-state index contributed by atoms with van der Waals surface area (Å²) in [5.41, 5.74) is -0.530. The zero-order valence-electron chi connectivity index (χ0n) is 7.29. The van der Waals surface area contributed by atoms with E-state index in [-0.39, 0.29) is 0 Å². The highest BCUT2D eigenvalue weighted by Gasteiger charge is 2.23. The normalized spacial score (nSPS) is 12.5. The maximum absolute atomic E-state index is 13.1. The third-order valence-electron chi connectivity index (χ3n) is 1.92. The number of benzene rings is 1. The monoisotopic (exact) mass is 202 g/mol. The van der Waals surface area contributed by atoms with Crippen molar-refractivity contribution in [2.75, 3.05) is 0 Å². The Morgan fingerprint density at radius 3 is 2.36 bits per heavy atom. The van der Waals surface area contributed by atoms with Crippen LogP contribution in [0.2, 0.25) is 0 Å². The van der Waals surface area contributed by atoms with Gasteiger partial charge in [-0.2, -0.15) is 0 Å². The maximum Gasteiger partial charge on any atom is 0.310 e. The largest absolute Gasteiger partial charge is 0.505 e. The van der Waals surface area contributed by atoms with E-state index in [1.54, 1.807) is 0 Å². The van der Waals surface area contributed by atoms with Gasteiger partial charge in [0.1, 0.15) is 5.82 Å². The lowest BCUT2D eigenvalue weighted by molar-refractivity contribution is -0.138. The lowest BCUT2D eigenvalue weighted by Crippen LogP contribution is -2.10. The molecule has 76 valence electrons. The number of aromatic hydroxyl groups is 1. The summed E-state index contributed by atoms with van der Waals surface area (Å²) in [6, 6.07) is 1.52. The van der Waals surface area contributed by atoms with Gasteiger partial charge in [0.15, 0.2) is 11.6 Å². The number of phenolic OH excluding ortho intramolecular Hbond substituents is 1. The molecule has 0 aromatic heterocycles. The van der Waals surface area contributed by atoms with E-state index in [1.165, 1.54) is 6.92 Å². The van der Waals surface area contributed by atoms with Gasteiger partial charge in [0.05, 0.1) is 5.92 Å². The average molecular weight is 202 g/mol. The fourth-order valence-electron chi connectivity index (χ4n) is 1.09. The van der Waals surface area contributed by atoms with Crippen LogP contribution < -0.4 is 0 Å². The van der Waals surface area contributed by atoms with Gasteiger partial charge in [-0.05, 0) is 19.1 Å². The van der Waals surface area contributed by atoms with Gasteiger partial charge in [0, 0.05) is 5.56 Å². The molecule has 0 amide bonds. The van der Waals surface area contributed by atoms with Crippen LogP contribution in [-0.4, -0.2) is 16.2 Å². The van der Waals surface area contributed by atoms with E-state index in [1.807, 2.05) is 0 Å². The van der Waals surface area contributed by atoms with Crippen molar-refractivity contribution in [1.82, 2.24) is 0 Å². The van der Waals surface area contributed by atoms with E-state index in [0.717, 1.165) is 12.1 Å². The van der Waals surface area contributed by atoms with Crippen LogP contribution in [-0.2, 0) is 4.79 Å². The number of hydrogen-bond acceptors (Lipinski definition) is 2. The summed E-state index contributed by atoms with van der Waals surface area (Å²) < 4.78 is 25.8. The first kappa shape index (κ1) is 10.4. The third-order valence-corrected chi connectivity index (χ3v) is 1.92. The van der Waals surface area contributed by atoms with Crippen LogP contribution in [0.3, 0.4) is 0 Å². The first-order chi connectivity index (χ1) is 6.45. The predicted molar refractivity (Wildman–Crippen MR) is 44.1 cm³/mol. The van der Waals surface area contributed by atoms with Gasteiger partial charge in [-0.1, -0.05) is 0 Å². The van der Waals surface area contributed by atoms with Gasteiger partial charge in [-0.25, -0.2) is 8.78 Å². The van der Waals surface area contributed by atoms with Gasteiger partial charge in [-0.3, -0.25) is 4.79 Å². The van der Waals surface area contributed by atoms with Crippen molar-refractivity contribution in [1.29, 1.82) is 0 Å². The minimum absolute atomic E-state index is 0.530. The number of carboxylic acid groups (broad SMARTS) is 1. The molecule has 14 heavy (non-hydrogen) atoms. The average Bonchev–Trinajstić information content (AvgIpc) is 2.12. The Hall–Kier alpha value is -1.65. The number of halogens is 2. The molecule has 3 nitrogen and oxygen atoms in total. The lowest BCUT2D eigenvalue weighted by Gasteiger charge is -2.10. The molecule has 0 radical (unpaired) electrons. The molecule has 5 heteroatoms. The highest BCUT2D eigenvalue weighted by Crippen LogP contribution is 2.30. The topological polar surface area (TPSA) is 57.5 Å². The molecule has 0 saturated carbocycles. The third kappa shape index (κ3) is 1.66. The molecule has 1 aromatic carbocycles. The number of carboxylic acids is 1. The molecule has 0 saturated heterocycles. The second kappa shape index (κ2) is 3.61. The molecule has 0 aliphatic rings. The van der Waals surface area contributed by atoms with Crippen LogP contribution in [0.25, 0.3) is 0 Å². The van der Waals surface area contributed by atoms with E-state index in [0.29, 0.717) is 0 Å². The van der Waals surface area contributed by atoms with Crippen LogP contribution in [0.4, 0.5) is 8.78 Å². The van der Waals surface area contributed by atoms with Crippen LogP contribution in [0.1, 0.15) is 18.4 Å². The van der Waals surface area contributed by atoms with Crippen LogP contribution in [0.5, 0.6) is 5.75 Å². The summed E-state index contributed by atoms with van der Waals surface area (Å²) in [4.78, 5) is 10.5. The molecule has 1 rings (SSSR count). The molecule has 0 aliphatic carbocycles. The summed E-state index contributed by atoms with van der Waals surface area (Å²) in [6.45, 7) is 1.17. The Balaban J connectivity index is 3.32. The van der Waals surface area contributed by atoms with E-state index in [4.69, 9.17) is 10.2 Å². The molecule has 1 aromatic rings. The molecular weight excluding hydrogens is 194 g/mol. The summed E-state index contributed by atoms with van der Waals surface area (Å²) in [5, 5.41) is 17.7. The summed E-state index contributed by atoms with van der Waals surface area (Å²) in [6.07, 6.45) is 0. The van der Waals surface area contributed by atoms with Gasteiger partial charge in [-0.15, -0.1) is 0 Å². The van der Waals surface area contributed by atoms with Gasteiger partial charge < -0.3 is 10.2 Å². The molecule has 0 fully saturated rings. The van der Waals surface area contributed by atoms with Crippen LogP contribution in [0, 0.1) is 11.6 Å². The van der Waals surface area contributed by atoms with E-state index in [2.05, 4.69) is 0 Å². The SMILES string of the molecule is CC(C(=O)O)c1c(F)ccc(F)c1O. The molecule has 0 spiro atoms. The number of phenols is 1. The Kier molecular flexibility index (Phi) is 2.69. The number of carbonyl (C=O) groups is 1. The quantitative estimate of drug-likeness (QED) is 0.769. The first-order valence-electron chi connectivity index (χ1n) is 3.84. The van der Waals surface area contributed by atoms with Crippen molar-refractivity contribution in [2.45, 2.75) is 12.8 Å². The smallest absolute Gasteiger partial charge is 0.310 e. The second-order valence-electron chi connectivity index (χ2n) is 2.85. The van der Waals surface area contributed by atoms with Crippen LogP contribution >= 0.6 is 0 Å². The Labute approximate surface area is 78.6 Å². The van der Waals surface area contributed by atoms with Gasteiger partial charge in [0.2, 0.25) is 0 Å². The molecule has 0 bridgehead atoms. The van der Waals surface area contributed by atoms with Crippen molar-refractivity contribution in [3.8, 4) is 5.75 Å². The molecule has 2 N–H and O–H groups in total. The molecule has 1 atom stereocenters. The van der Waals surface area contributed by atoms with E-state index >= 15 is 0 Å². The van der Waals surface area contributed by atoms with Crippen molar-refractivity contribution < 1.29 is 23.8 Å². The number of rotatable bonds is 2. The van der Waals surface area contributed by atoms with Crippen molar-refractivity contribution in [3.63, 3.8) is 0 Å². The summed E-state index contributed by atoms with van der Waals surface area (Å²) >= 11 is 0. The lowest BCUT2D eigenvalue weighted by atomic mass is 9.99. The highest BCUT2D eigenvalue weighted by atomic mass is 19.1.